The van der Waals surface area contributed by atoms with Crippen molar-refractivity contribution in [3.05, 3.63) is 17.0 Å². The Bertz CT molecular complexity index is 440. The molecule has 0 aromatic carbocycles. The summed E-state index contributed by atoms with van der Waals surface area (Å²) in [6, 6.07) is 0. The highest BCUT2D eigenvalue weighted by Gasteiger charge is 2.21. The smallest absolute Gasteiger partial charge is 0.228 e. The second kappa shape index (κ2) is 4.84. The van der Waals surface area contributed by atoms with Crippen LogP contribution in [0.2, 0.25) is 0 Å². The molecule has 1 rings (SSSR count). The molecule has 4 heteroatoms. The standard InChI is InChI=1S/C12H17N3O/c1-6-7-13-12(16)8(2)11-9(3)14-15(5)10(11)4/h1,8H,7H2,2-5H3,(H,13,16). The fourth-order valence-electron chi connectivity index (χ4n) is 1.84. The van der Waals surface area contributed by atoms with E-state index < -0.39 is 0 Å². The topological polar surface area (TPSA) is 46.9 Å². The van der Waals surface area contributed by atoms with Gasteiger partial charge in [0.25, 0.3) is 0 Å². The Morgan fingerprint density at radius 1 is 1.62 bits per heavy atom. The SMILES string of the molecule is C#CCNC(=O)C(C)c1c(C)nn(C)c1C. The van der Waals surface area contributed by atoms with Crippen molar-refractivity contribution >= 4 is 5.91 Å². The maximum atomic E-state index is 11.8. The van der Waals surface area contributed by atoms with Crippen LogP contribution < -0.4 is 5.32 Å². The van der Waals surface area contributed by atoms with Crippen LogP contribution in [0.1, 0.15) is 29.8 Å². The molecule has 1 N–H and O–H groups in total. The van der Waals surface area contributed by atoms with Gasteiger partial charge in [-0.25, -0.2) is 0 Å². The van der Waals surface area contributed by atoms with E-state index in [1.54, 1.807) is 4.68 Å². The summed E-state index contributed by atoms with van der Waals surface area (Å²) in [5, 5.41) is 6.97. The number of carbonyl (C=O) groups excluding carboxylic acids is 1. The summed E-state index contributed by atoms with van der Waals surface area (Å²) in [7, 11) is 1.87. The molecular formula is C12H17N3O. The summed E-state index contributed by atoms with van der Waals surface area (Å²) in [4.78, 5) is 11.8. The quantitative estimate of drug-likeness (QED) is 0.767. The highest BCUT2D eigenvalue weighted by Crippen LogP contribution is 2.22. The van der Waals surface area contributed by atoms with Gasteiger partial charge < -0.3 is 5.32 Å². The molecule has 86 valence electrons. The van der Waals surface area contributed by atoms with Gasteiger partial charge in [-0.15, -0.1) is 6.42 Å². The van der Waals surface area contributed by atoms with Gasteiger partial charge in [-0.1, -0.05) is 5.92 Å². The molecule has 1 aromatic heterocycles. The lowest BCUT2D eigenvalue weighted by atomic mass is 9.98. The fraction of sp³-hybridized carbons (Fsp3) is 0.500. The first kappa shape index (κ1) is 12.3. The summed E-state index contributed by atoms with van der Waals surface area (Å²) >= 11 is 0. The molecule has 1 unspecified atom stereocenters. The Balaban J connectivity index is 2.92. The van der Waals surface area contributed by atoms with E-state index in [-0.39, 0.29) is 18.4 Å². The van der Waals surface area contributed by atoms with Crippen LogP contribution in [0.25, 0.3) is 0 Å². The maximum Gasteiger partial charge on any atom is 0.228 e. The minimum atomic E-state index is -0.220. The van der Waals surface area contributed by atoms with Gasteiger partial charge in [-0.3, -0.25) is 9.48 Å². The van der Waals surface area contributed by atoms with Gasteiger partial charge >= 0.3 is 0 Å². The Morgan fingerprint density at radius 3 is 2.69 bits per heavy atom. The number of nitrogens with zero attached hydrogens (tertiary/aromatic N) is 2. The molecule has 0 aliphatic heterocycles. The van der Waals surface area contributed by atoms with Crippen LogP contribution in [0.3, 0.4) is 0 Å². The van der Waals surface area contributed by atoms with E-state index in [9.17, 15) is 4.79 Å². The Morgan fingerprint density at radius 2 is 2.25 bits per heavy atom. The second-order valence-corrected chi connectivity index (χ2v) is 3.85. The third-order valence-electron chi connectivity index (χ3n) is 2.76. The average molecular weight is 219 g/mol. The Hall–Kier alpha value is -1.76. The molecule has 0 radical (unpaired) electrons. The molecule has 0 saturated carbocycles. The van der Waals surface area contributed by atoms with Gasteiger partial charge in [-0.05, 0) is 20.8 Å². The summed E-state index contributed by atoms with van der Waals surface area (Å²) in [5.74, 6) is 2.11. The number of aryl methyl sites for hydroxylation is 2. The molecular weight excluding hydrogens is 202 g/mol. The lowest BCUT2D eigenvalue weighted by molar-refractivity contribution is -0.121. The van der Waals surface area contributed by atoms with Gasteiger partial charge in [0.2, 0.25) is 5.91 Å². The molecule has 0 aliphatic carbocycles. The molecule has 1 amide bonds. The summed E-state index contributed by atoms with van der Waals surface area (Å²) in [6.07, 6.45) is 5.10. The highest BCUT2D eigenvalue weighted by molar-refractivity contribution is 5.83. The third-order valence-corrected chi connectivity index (χ3v) is 2.76. The molecule has 0 fully saturated rings. The van der Waals surface area contributed by atoms with Crippen molar-refractivity contribution in [1.82, 2.24) is 15.1 Å². The van der Waals surface area contributed by atoms with E-state index in [1.807, 2.05) is 27.8 Å². The second-order valence-electron chi connectivity index (χ2n) is 3.85. The number of rotatable bonds is 3. The Kier molecular flexibility index (Phi) is 3.73. The minimum absolute atomic E-state index is 0.0582. The maximum absolute atomic E-state index is 11.8. The molecule has 0 spiro atoms. The van der Waals surface area contributed by atoms with Crippen LogP contribution in [0.15, 0.2) is 0 Å². The van der Waals surface area contributed by atoms with E-state index in [4.69, 9.17) is 6.42 Å². The van der Waals surface area contributed by atoms with Crippen molar-refractivity contribution in [3.8, 4) is 12.3 Å². The zero-order chi connectivity index (χ0) is 12.3. The fourth-order valence-corrected chi connectivity index (χ4v) is 1.84. The van der Waals surface area contributed by atoms with Crippen molar-refractivity contribution in [3.63, 3.8) is 0 Å². The number of nitrogens with one attached hydrogen (secondary N) is 1. The number of carbonyl (C=O) groups is 1. The number of amides is 1. The average Bonchev–Trinajstić information content (AvgIpc) is 2.49. The molecule has 0 saturated heterocycles. The van der Waals surface area contributed by atoms with Crippen molar-refractivity contribution in [2.45, 2.75) is 26.7 Å². The number of hydrogen-bond acceptors (Lipinski definition) is 2. The summed E-state index contributed by atoms with van der Waals surface area (Å²) in [6.45, 7) is 6.00. The normalized spacial score (nSPS) is 11.9. The van der Waals surface area contributed by atoms with Crippen LogP contribution >= 0.6 is 0 Å². The van der Waals surface area contributed by atoms with Crippen molar-refractivity contribution in [1.29, 1.82) is 0 Å². The number of aromatic nitrogens is 2. The van der Waals surface area contributed by atoms with Crippen LogP contribution in [0, 0.1) is 26.2 Å². The predicted octanol–water partition coefficient (Wildman–Crippen LogP) is 0.890. The largest absolute Gasteiger partial charge is 0.345 e. The van der Waals surface area contributed by atoms with Gasteiger partial charge in [-0.2, -0.15) is 5.10 Å². The minimum Gasteiger partial charge on any atom is -0.345 e. The van der Waals surface area contributed by atoms with Crippen molar-refractivity contribution in [2.75, 3.05) is 6.54 Å². The van der Waals surface area contributed by atoms with Crippen molar-refractivity contribution in [2.24, 2.45) is 7.05 Å². The van der Waals surface area contributed by atoms with Gasteiger partial charge in [0.15, 0.2) is 0 Å². The van der Waals surface area contributed by atoms with E-state index in [1.165, 1.54) is 0 Å². The van der Waals surface area contributed by atoms with Gasteiger partial charge in [0, 0.05) is 18.3 Å². The lowest BCUT2D eigenvalue weighted by Gasteiger charge is -2.11. The summed E-state index contributed by atoms with van der Waals surface area (Å²) in [5.41, 5.74) is 2.89. The number of terminal acetylenes is 1. The first-order valence-corrected chi connectivity index (χ1v) is 5.20. The van der Waals surface area contributed by atoms with E-state index >= 15 is 0 Å². The lowest BCUT2D eigenvalue weighted by Crippen LogP contribution is -2.28. The van der Waals surface area contributed by atoms with Crippen molar-refractivity contribution < 1.29 is 4.79 Å². The molecule has 1 aromatic rings. The first-order valence-electron chi connectivity index (χ1n) is 5.20. The zero-order valence-electron chi connectivity index (χ0n) is 10.2. The zero-order valence-corrected chi connectivity index (χ0v) is 10.2. The van der Waals surface area contributed by atoms with Gasteiger partial charge in [0.1, 0.15) is 0 Å². The van der Waals surface area contributed by atoms with E-state index in [0.29, 0.717) is 0 Å². The third kappa shape index (κ3) is 2.25. The van der Waals surface area contributed by atoms with Crippen LogP contribution in [0.4, 0.5) is 0 Å². The molecule has 0 aliphatic rings. The van der Waals surface area contributed by atoms with Crippen LogP contribution in [-0.4, -0.2) is 22.2 Å². The number of hydrogen-bond donors (Lipinski definition) is 1. The summed E-state index contributed by atoms with van der Waals surface area (Å²) < 4.78 is 1.79. The molecule has 16 heavy (non-hydrogen) atoms. The predicted molar refractivity (Wildman–Crippen MR) is 62.9 cm³/mol. The van der Waals surface area contributed by atoms with E-state index in [0.717, 1.165) is 17.0 Å². The highest BCUT2D eigenvalue weighted by atomic mass is 16.1. The molecule has 0 bridgehead atoms. The first-order chi connectivity index (χ1) is 7.49. The Labute approximate surface area is 96.0 Å². The molecule has 1 atom stereocenters. The monoisotopic (exact) mass is 219 g/mol. The van der Waals surface area contributed by atoms with Crippen LogP contribution in [-0.2, 0) is 11.8 Å². The van der Waals surface area contributed by atoms with E-state index in [2.05, 4.69) is 16.3 Å². The molecule has 4 nitrogen and oxygen atoms in total. The van der Waals surface area contributed by atoms with Crippen LogP contribution in [0.5, 0.6) is 0 Å². The van der Waals surface area contributed by atoms with Gasteiger partial charge in [0.05, 0.1) is 18.2 Å². The molecule has 1 heterocycles.